The van der Waals surface area contributed by atoms with Gasteiger partial charge in [0.2, 0.25) is 0 Å². The first kappa shape index (κ1) is 13.0. The Morgan fingerprint density at radius 3 is 2.84 bits per heavy atom. The van der Waals surface area contributed by atoms with Gasteiger partial charge in [0.05, 0.1) is 0 Å². The first-order chi connectivity index (χ1) is 9.28. The predicted octanol–water partition coefficient (Wildman–Crippen LogP) is 3.42. The summed E-state index contributed by atoms with van der Waals surface area (Å²) in [4.78, 5) is 2.64. The maximum Gasteiger partial charge on any atom is 0.0412 e. The lowest BCUT2D eigenvalue weighted by atomic mass is 9.99. The van der Waals surface area contributed by atoms with E-state index in [0.29, 0.717) is 6.04 Å². The van der Waals surface area contributed by atoms with E-state index in [1.807, 2.05) is 0 Å². The molecule has 0 radical (unpaired) electrons. The lowest BCUT2D eigenvalue weighted by molar-refractivity contribution is 0.370. The summed E-state index contributed by atoms with van der Waals surface area (Å²) in [6, 6.07) is 9.55. The van der Waals surface area contributed by atoms with Gasteiger partial charge in [0.1, 0.15) is 0 Å². The standard InChI is InChI=1S/C17H26N2/c1-3-13(2)16-12-19(11-14-8-9-14)17-7-5-4-6-15(17)10-18-16/h4-7,13-14,16,18H,3,8-12H2,1-2H3. The van der Waals surface area contributed by atoms with Gasteiger partial charge in [-0.05, 0) is 36.3 Å². The molecular formula is C17H26N2. The molecule has 1 heterocycles. The van der Waals surface area contributed by atoms with E-state index in [2.05, 4.69) is 48.3 Å². The summed E-state index contributed by atoms with van der Waals surface area (Å²) >= 11 is 0. The molecule has 104 valence electrons. The molecular weight excluding hydrogens is 232 g/mol. The average molecular weight is 258 g/mol. The van der Waals surface area contributed by atoms with Gasteiger partial charge >= 0.3 is 0 Å². The number of para-hydroxylation sites is 1. The maximum atomic E-state index is 3.77. The number of anilines is 1. The second-order valence-electron chi connectivity index (χ2n) is 6.35. The molecule has 0 spiro atoms. The quantitative estimate of drug-likeness (QED) is 0.890. The van der Waals surface area contributed by atoms with Crippen molar-refractivity contribution >= 4 is 5.69 Å². The minimum Gasteiger partial charge on any atom is -0.369 e. The molecule has 19 heavy (non-hydrogen) atoms. The number of fused-ring (bicyclic) bond motifs is 1. The fourth-order valence-electron chi connectivity index (χ4n) is 3.06. The van der Waals surface area contributed by atoms with Crippen molar-refractivity contribution in [1.82, 2.24) is 5.32 Å². The fourth-order valence-corrected chi connectivity index (χ4v) is 3.06. The predicted molar refractivity (Wildman–Crippen MR) is 81.5 cm³/mol. The topological polar surface area (TPSA) is 15.3 Å². The molecule has 1 N–H and O–H groups in total. The van der Waals surface area contributed by atoms with E-state index in [4.69, 9.17) is 0 Å². The van der Waals surface area contributed by atoms with Crippen molar-refractivity contribution in [2.75, 3.05) is 18.0 Å². The van der Waals surface area contributed by atoms with Crippen LogP contribution in [0.3, 0.4) is 0 Å². The summed E-state index contributed by atoms with van der Waals surface area (Å²) < 4.78 is 0. The molecule has 1 saturated carbocycles. The van der Waals surface area contributed by atoms with Crippen molar-refractivity contribution in [3.63, 3.8) is 0 Å². The lowest BCUT2D eigenvalue weighted by Gasteiger charge is -2.30. The Kier molecular flexibility index (Phi) is 3.79. The van der Waals surface area contributed by atoms with E-state index in [0.717, 1.165) is 18.4 Å². The SMILES string of the molecule is CCC(C)C1CN(CC2CC2)c2ccccc2CN1. The molecule has 2 heteroatoms. The fraction of sp³-hybridized carbons (Fsp3) is 0.647. The van der Waals surface area contributed by atoms with Crippen LogP contribution in [0.5, 0.6) is 0 Å². The van der Waals surface area contributed by atoms with Gasteiger partial charge < -0.3 is 10.2 Å². The van der Waals surface area contributed by atoms with Gasteiger partial charge in [-0.15, -0.1) is 0 Å². The van der Waals surface area contributed by atoms with Gasteiger partial charge in [0, 0.05) is 31.4 Å². The van der Waals surface area contributed by atoms with Crippen LogP contribution < -0.4 is 10.2 Å². The first-order valence-electron chi connectivity index (χ1n) is 7.84. The number of rotatable bonds is 4. The molecule has 0 aromatic heterocycles. The first-order valence-corrected chi connectivity index (χ1v) is 7.84. The van der Waals surface area contributed by atoms with Crippen LogP contribution in [0.1, 0.15) is 38.7 Å². The Labute approximate surface area is 117 Å². The Hall–Kier alpha value is -1.02. The molecule has 1 aliphatic carbocycles. The van der Waals surface area contributed by atoms with Crippen molar-refractivity contribution in [2.24, 2.45) is 11.8 Å². The molecule has 0 saturated heterocycles. The van der Waals surface area contributed by atoms with Crippen LogP contribution in [-0.4, -0.2) is 19.1 Å². The van der Waals surface area contributed by atoms with Gasteiger partial charge in [-0.1, -0.05) is 38.5 Å². The third-order valence-corrected chi connectivity index (χ3v) is 4.81. The van der Waals surface area contributed by atoms with E-state index in [1.54, 1.807) is 0 Å². The average Bonchev–Trinajstić information content (AvgIpc) is 3.26. The van der Waals surface area contributed by atoms with E-state index >= 15 is 0 Å². The lowest BCUT2D eigenvalue weighted by Crippen LogP contribution is -2.43. The van der Waals surface area contributed by atoms with E-state index in [1.165, 1.54) is 43.6 Å². The molecule has 2 unspecified atom stereocenters. The molecule has 0 amide bonds. The Bertz CT molecular complexity index is 425. The van der Waals surface area contributed by atoms with E-state index in [9.17, 15) is 0 Å². The van der Waals surface area contributed by atoms with Crippen LogP contribution in [0.2, 0.25) is 0 Å². The highest BCUT2D eigenvalue weighted by atomic mass is 15.2. The molecule has 1 aromatic rings. The molecule has 2 nitrogen and oxygen atoms in total. The second-order valence-corrected chi connectivity index (χ2v) is 6.35. The molecule has 2 atom stereocenters. The normalized spacial score (nSPS) is 24.7. The smallest absolute Gasteiger partial charge is 0.0412 e. The third kappa shape index (κ3) is 2.94. The van der Waals surface area contributed by atoms with E-state index < -0.39 is 0 Å². The Balaban J connectivity index is 1.83. The van der Waals surface area contributed by atoms with Gasteiger partial charge in [-0.2, -0.15) is 0 Å². The van der Waals surface area contributed by atoms with Crippen LogP contribution in [0, 0.1) is 11.8 Å². The van der Waals surface area contributed by atoms with Crippen LogP contribution in [0.15, 0.2) is 24.3 Å². The van der Waals surface area contributed by atoms with E-state index in [-0.39, 0.29) is 0 Å². The summed E-state index contributed by atoms with van der Waals surface area (Å²) in [5.41, 5.74) is 2.93. The van der Waals surface area contributed by atoms with Crippen LogP contribution in [-0.2, 0) is 6.54 Å². The van der Waals surface area contributed by atoms with Crippen molar-refractivity contribution in [3.8, 4) is 0 Å². The Morgan fingerprint density at radius 1 is 1.32 bits per heavy atom. The molecule has 3 rings (SSSR count). The van der Waals surface area contributed by atoms with Crippen LogP contribution in [0.25, 0.3) is 0 Å². The molecule has 1 aromatic carbocycles. The number of nitrogens with one attached hydrogen (secondary N) is 1. The highest BCUT2D eigenvalue weighted by molar-refractivity contribution is 5.54. The minimum absolute atomic E-state index is 0.621. The number of hydrogen-bond acceptors (Lipinski definition) is 2. The minimum atomic E-state index is 0.621. The summed E-state index contributed by atoms with van der Waals surface area (Å²) in [6.07, 6.45) is 4.12. The van der Waals surface area contributed by atoms with Crippen molar-refractivity contribution < 1.29 is 0 Å². The third-order valence-electron chi connectivity index (χ3n) is 4.81. The van der Waals surface area contributed by atoms with Gasteiger partial charge in [0.15, 0.2) is 0 Å². The molecule has 0 bridgehead atoms. The second kappa shape index (κ2) is 5.54. The Morgan fingerprint density at radius 2 is 2.11 bits per heavy atom. The van der Waals surface area contributed by atoms with Crippen molar-refractivity contribution in [2.45, 2.75) is 45.7 Å². The summed E-state index contributed by atoms with van der Waals surface area (Å²) in [5, 5.41) is 3.77. The van der Waals surface area contributed by atoms with Crippen molar-refractivity contribution in [1.29, 1.82) is 0 Å². The van der Waals surface area contributed by atoms with Gasteiger partial charge in [0.25, 0.3) is 0 Å². The van der Waals surface area contributed by atoms with Crippen LogP contribution in [0.4, 0.5) is 5.69 Å². The zero-order chi connectivity index (χ0) is 13.2. The monoisotopic (exact) mass is 258 g/mol. The van der Waals surface area contributed by atoms with Gasteiger partial charge in [-0.25, -0.2) is 0 Å². The number of hydrogen-bond donors (Lipinski definition) is 1. The highest BCUT2D eigenvalue weighted by Crippen LogP contribution is 2.33. The van der Waals surface area contributed by atoms with Crippen LogP contribution >= 0.6 is 0 Å². The molecule has 1 aliphatic heterocycles. The van der Waals surface area contributed by atoms with Gasteiger partial charge in [-0.3, -0.25) is 0 Å². The molecule has 2 aliphatic rings. The number of benzene rings is 1. The molecule has 1 fully saturated rings. The zero-order valence-electron chi connectivity index (χ0n) is 12.2. The maximum absolute atomic E-state index is 3.77. The zero-order valence-corrected chi connectivity index (χ0v) is 12.2. The summed E-state index contributed by atoms with van der Waals surface area (Å²) in [7, 11) is 0. The number of nitrogens with zero attached hydrogens (tertiary/aromatic N) is 1. The summed E-state index contributed by atoms with van der Waals surface area (Å²) in [5.74, 6) is 1.69. The highest BCUT2D eigenvalue weighted by Gasteiger charge is 2.29. The van der Waals surface area contributed by atoms with Crippen molar-refractivity contribution in [3.05, 3.63) is 29.8 Å². The largest absolute Gasteiger partial charge is 0.369 e. The summed E-state index contributed by atoms with van der Waals surface area (Å²) in [6.45, 7) is 8.12.